The number of aryl methyl sites for hydroxylation is 1. The van der Waals surface area contributed by atoms with Gasteiger partial charge in [0.1, 0.15) is 0 Å². The molecule has 0 amide bonds. The van der Waals surface area contributed by atoms with Gasteiger partial charge in [0.25, 0.3) is 0 Å². The van der Waals surface area contributed by atoms with Crippen LogP contribution in [0.5, 0.6) is 0 Å². The van der Waals surface area contributed by atoms with E-state index in [0.29, 0.717) is 0 Å². The Morgan fingerprint density at radius 3 is 2.62 bits per heavy atom. The Balaban J connectivity index is 1.47. The molecule has 0 aromatic heterocycles. The average molecular weight is 356 g/mol. The molecule has 1 nitrogen and oxygen atoms in total. The number of aliphatic imine (C=N–C) groups is 1. The van der Waals surface area contributed by atoms with Crippen molar-refractivity contribution in [1.82, 2.24) is 0 Å². The number of fused-ring (bicyclic) bond motifs is 1. The molecule has 2 aromatic rings. The quantitative estimate of drug-likeness (QED) is 0.374. The number of rotatable bonds is 3. The first-order chi connectivity index (χ1) is 12.7. The van der Waals surface area contributed by atoms with E-state index in [2.05, 4.69) is 83.6 Å². The predicted molar refractivity (Wildman–Crippen MR) is 112 cm³/mol. The molecule has 2 aliphatic rings. The zero-order chi connectivity index (χ0) is 17.9. The number of allylic oxidation sites excluding steroid dienone is 1. The number of thiocarbonyl (C=S) groups is 1. The zero-order valence-corrected chi connectivity index (χ0v) is 15.8. The van der Waals surface area contributed by atoms with Crippen LogP contribution in [0.4, 0.5) is 5.69 Å². The molecule has 2 unspecified atom stereocenters. The summed E-state index contributed by atoms with van der Waals surface area (Å²) < 4.78 is 0. The van der Waals surface area contributed by atoms with Gasteiger partial charge in [-0.25, -0.2) is 0 Å². The van der Waals surface area contributed by atoms with Crippen molar-refractivity contribution in [3.05, 3.63) is 70.3 Å². The van der Waals surface area contributed by atoms with Crippen LogP contribution in [0.1, 0.15) is 42.0 Å². The SMILES string of the molecule is CC1CC1Cc1ccc(C#CC2=Cc3ccc(N=C=S)cc3CC2)cc1. The van der Waals surface area contributed by atoms with E-state index in [9.17, 15) is 0 Å². The van der Waals surface area contributed by atoms with E-state index in [1.165, 1.54) is 35.1 Å². The van der Waals surface area contributed by atoms with Gasteiger partial charge in [0.2, 0.25) is 0 Å². The van der Waals surface area contributed by atoms with E-state index in [1.54, 1.807) is 0 Å². The second-order valence-corrected chi connectivity index (χ2v) is 7.56. The first kappa shape index (κ1) is 17.0. The van der Waals surface area contributed by atoms with Crippen molar-refractivity contribution in [1.29, 1.82) is 0 Å². The third kappa shape index (κ3) is 4.02. The summed E-state index contributed by atoms with van der Waals surface area (Å²) in [6.07, 6.45) is 6.76. The fraction of sp³-hybridized carbons (Fsp3) is 0.292. The van der Waals surface area contributed by atoms with Crippen molar-refractivity contribution in [2.24, 2.45) is 16.8 Å². The minimum absolute atomic E-state index is 0.877. The molecular weight excluding hydrogens is 334 g/mol. The molecule has 26 heavy (non-hydrogen) atoms. The molecular formula is C24H21NS. The Kier molecular flexibility index (Phi) is 4.85. The van der Waals surface area contributed by atoms with Crippen molar-refractivity contribution in [2.45, 2.75) is 32.6 Å². The lowest BCUT2D eigenvalue weighted by Crippen LogP contribution is -1.97. The second kappa shape index (κ2) is 7.42. The molecule has 128 valence electrons. The van der Waals surface area contributed by atoms with Crippen LogP contribution in [0.2, 0.25) is 0 Å². The predicted octanol–water partition coefficient (Wildman–Crippen LogP) is 6.00. The van der Waals surface area contributed by atoms with Gasteiger partial charge in [-0.2, -0.15) is 4.99 Å². The fourth-order valence-corrected chi connectivity index (χ4v) is 3.67. The van der Waals surface area contributed by atoms with E-state index < -0.39 is 0 Å². The van der Waals surface area contributed by atoms with Crippen molar-refractivity contribution in [2.75, 3.05) is 0 Å². The van der Waals surface area contributed by atoms with Crippen molar-refractivity contribution in [3.8, 4) is 11.8 Å². The van der Waals surface area contributed by atoms with Crippen LogP contribution in [-0.4, -0.2) is 5.16 Å². The lowest BCUT2D eigenvalue weighted by atomic mass is 9.92. The molecule has 0 radical (unpaired) electrons. The minimum atomic E-state index is 0.877. The molecule has 1 saturated carbocycles. The molecule has 2 aliphatic carbocycles. The molecule has 2 heteroatoms. The van der Waals surface area contributed by atoms with Crippen LogP contribution in [0.3, 0.4) is 0 Å². The molecule has 0 spiro atoms. The first-order valence-corrected chi connectivity index (χ1v) is 9.64. The van der Waals surface area contributed by atoms with Crippen molar-refractivity contribution in [3.63, 3.8) is 0 Å². The summed E-state index contributed by atoms with van der Waals surface area (Å²) in [4.78, 5) is 4.06. The first-order valence-electron chi connectivity index (χ1n) is 9.23. The maximum absolute atomic E-state index is 4.68. The number of hydrogen-bond donors (Lipinski definition) is 0. The molecule has 0 aliphatic heterocycles. The van der Waals surface area contributed by atoms with E-state index in [-0.39, 0.29) is 0 Å². The van der Waals surface area contributed by atoms with Gasteiger partial charge in [0.15, 0.2) is 0 Å². The Bertz CT molecular complexity index is 966. The Morgan fingerprint density at radius 2 is 1.88 bits per heavy atom. The number of hydrogen-bond acceptors (Lipinski definition) is 2. The molecule has 0 bridgehead atoms. The molecule has 4 rings (SSSR count). The molecule has 0 heterocycles. The summed E-state index contributed by atoms with van der Waals surface area (Å²) in [6, 6.07) is 14.9. The van der Waals surface area contributed by atoms with Crippen LogP contribution in [-0.2, 0) is 12.8 Å². The highest BCUT2D eigenvalue weighted by atomic mass is 32.1. The van der Waals surface area contributed by atoms with Crippen LogP contribution in [0.15, 0.2) is 53.0 Å². The summed E-state index contributed by atoms with van der Waals surface area (Å²) in [5.74, 6) is 8.49. The smallest absolute Gasteiger partial charge is 0.0742 e. The fourth-order valence-electron chi connectivity index (χ4n) is 3.56. The van der Waals surface area contributed by atoms with E-state index >= 15 is 0 Å². The summed E-state index contributed by atoms with van der Waals surface area (Å²) in [6.45, 7) is 2.34. The van der Waals surface area contributed by atoms with Crippen LogP contribution < -0.4 is 0 Å². The second-order valence-electron chi connectivity index (χ2n) is 7.38. The van der Waals surface area contributed by atoms with Gasteiger partial charge in [-0.15, -0.1) is 0 Å². The molecule has 2 atom stereocenters. The summed E-state index contributed by atoms with van der Waals surface area (Å²) >= 11 is 4.68. The monoisotopic (exact) mass is 355 g/mol. The van der Waals surface area contributed by atoms with Crippen molar-refractivity contribution < 1.29 is 0 Å². The lowest BCUT2D eigenvalue weighted by Gasteiger charge is -2.13. The number of benzene rings is 2. The molecule has 2 aromatic carbocycles. The van der Waals surface area contributed by atoms with Gasteiger partial charge in [0.05, 0.1) is 10.8 Å². The van der Waals surface area contributed by atoms with Crippen LogP contribution in [0.25, 0.3) is 6.08 Å². The largest absolute Gasteiger partial charge is 0.195 e. The Hall–Kier alpha value is -2.46. The normalized spacial score (nSPS) is 20.1. The highest BCUT2D eigenvalue weighted by Gasteiger charge is 2.31. The highest BCUT2D eigenvalue weighted by molar-refractivity contribution is 7.78. The molecule has 1 fully saturated rings. The third-order valence-electron chi connectivity index (χ3n) is 5.39. The topological polar surface area (TPSA) is 12.4 Å². The summed E-state index contributed by atoms with van der Waals surface area (Å²) in [5.41, 5.74) is 7.14. The van der Waals surface area contributed by atoms with Crippen LogP contribution in [0, 0.1) is 23.7 Å². The van der Waals surface area contributed by atoms with Gasteiger partial charge >= 0.3 is 0 Å². The molecule has 0 saturated heterocycles. The van der Waals surface area contributed by atoms with Crippen molar-refractivity contribution >= 4 is 29.1 Å². The lowest BCUT2D eigenvalue weighted by molar-refractivity contribution is 0.747. The van der Waals surface area contributed by atoms with E-state index in [4.69, 9.17) is 0 Å². The van der Waals surface area contributed by atoms with Gasteiger partial charge in [-0.3, -0.25) is 0 Å². The van der Waals surface area contributed by atoms with Gasteiger partial charge in [-0.05, 0) is 96.8 Å². The Morgan fingerprint density at radius 1 is 1.08 bits per heavy atom. The molecule has 0 N–H and O–H groups in total. The van der Waals surface area contributed by atoms with Gasteiger partial charge in [-0.1, -0.05) is 37.0 Å². The minimum Gasteiger partial charge on any atom is -0.195 e. The van der Waals surface area contributed by atoms with E-state index in [0.717, 1.165) is 35.9 Å². The summed E-state index contributed by atoms with van der Waals surface area (Å²) in [7, 11) is 0. The van der Waals surface area contributed by atoms with E-state index in [1.807, 2.05) is 6.07 Å². The Labute approximate surface area is 160 Å². The standard InChI is InChI=1S/C24H21NS/c1-17-12-23(17)14-19-5-2-18(3-6-19)4-7-20-8-9-22-15-24(25-16-26)11-10-21(22)13-20/h2-3,5-6,10-11,13,15,17,23H,8-9,12,14H2,1H3. The van der Waals surface area contributed by atoms with Gasteiger partial charge in [0, 0.05) is 11.1 Å². The average Bonchev–Trinajstić information content (AvgIpc) is 3.36. The highest BCUT2D eigenvalue weighted by Crippen LogP contribution is 2.40. The maximum Gasteiger partial charge on any atom is 0.0742 e. The zero-order valence-electron chi connectivity index (χ0n) is 15.0. The number of isothiocyanates is 1. The number of nitrogens with zero attached hydrogens (tertiary/aromatic N) is 1. The van der Waals surface area contributed by atoms with Gasteiger partial charge < -0.3 is 0 Å². The maximum atomic E-state index is 4.68. The third-order valence-corrected chi connectivity index (χ3v) is 5.48. The van der Waals surface area contributed by atoms with Crippen LogP contribution >= 0.6 is 12.2 Å². The summed E-state index contributed by atoms with van der Waals surface area (Å²) in [5, 5.41) is 2.43.